The predicted octanol–water partition coefficient (Wildman–Crippen LogP) is 1.23. The van der Waals surface area contributed by atoms with E-state index >= 15 is 0 Å². The number of sulfonamides is 1. The van der Waals surface area contributed by atoms with Crippen molar-refractivity contribution in [1.82, 2.24) is 4.72 Å². The molecule has 1 saturated heterocycles. The molecule has 1 aliphatic heterocycles. The molecule has 0 amide bonds. The molecule has 116 valence electrons. The minimum Gasteiger partial charge on any atom is -0.478 e. The van der Waals surface area contributed by atoms with Crippen LogP contribution in [0.3, 0.4) is 0 Å². The minimum absolute atomic E-state index is 0.0427. The fraction of sp³-hybridized carbons (Fsp3) is 0.462. The van der Waals surface area contributed by atoms with Crippen LogP contribution < -0.4 is 4.72 Å². The van der Waals surface area contributed by atoms with Crippen LogP contribution in [0, 0.1) is 11.7 Å². The first kappa shape index (κ1) is 15.9. The Morgan fingerprint density at radius 1 is 1.52 bits per heavy atom. The van der Waals surface area contributed by atoms with Crippen molar-refractivity contribution in [2.24, 2.45) is 5.92 Å². The number of halogens is 1. The molecule has 2 rings (SSSR count). The van der Waals surface area contributed by atoms with E-state index in [0.717, 1.165) is 18.6 Å². The zero-order valence-electron chi connectivity index (χ0n) is 11.4. The first-order chi connectivity index (χ1) is 9.81. The van der Waals surface area contributed by atoms with Gasteiger partial charge in [-0.2, -0.15) is 0 Å². The van der Waals surface area contributed by atoms with Crippen LogP contribution in [0.25, 0.3) is 0 Å². The number of aromatic carboxylic acids is 1. The number of hydrogen-bond acceptors (Lipinski definition) is 4. The van der Waals surface area contributed by atoms with Crippen LogP contribution in [0.4, 0.5) is 4.39 Å². The Kier molecular flexibility index (Phi) is 4.60. The van der Waals surface area contributed by atoms with Crippen molar-refractivity contribution in [3.8, 4) is 0 Å². The monoisotopic (exact) mass is 317 g/mol. The van der Waals surface area contributed by atoms with E-state index in [2.05, 4.69) is 4.72 Å². The summed E-state index contributed by atoms with van der Waals surface area (Å²) in [5, 5.41) is 8.73. The highest BCUT2D eigenvalue weighted by Gasteiger charge is 2.27. The van der Waals surface area contributed by atoms with Crippen molar-refractivity contribution in [2.75, 3.05) is 13.2 Å². The summed E-state index contributed by atoms with van der Waals surface area (Å²) in [5.74, 6) is -2.36. The Morgan fingerprint density at radius 3 is 2.76 bits per heavy atom. The molecule has 1 aliphatic rings. The molecule has 0 saturated carbocycles. The molecule has 0 aromatic heterocycles. The molecule has 0 radical (unpaired) electrons. The summed E-state index contributed by atoms with van der Waals surface area (Å²) in [6, 6.07) is 2.70. The molecule has 2 N–H and O–H groups in total. The lowest BCUT2D eigenvalue weighted by atomic mass is 10.0. The lowest BCUT2D eigenvalue weighted by Gasteiger charge is -2.15. The zero-order valence-corrected chi connectivity index (χ0v) is 12.2. The summed E-state index contributed by atoms with van der Waals surface area (Å²) in [7, 11) is -4.02. The van der Waals surface area contributed by atoms with Gasteiger partial charge in [0.15, 0.2) is 0 Å². The van der Waals surface area contributed by atoms with Gasteiger partial charge < -0.3 is 9.84 Å². The maximum Gasteiger partial charge on any atom is 0.335 e. The normalized spacial score (nSPS) is 22.4. The number of rotatable bonds is 5. The third-order valence-corrected chi connectivity index (χ3v) is 4.99. The summed E-state index contributed by atoms with van der Waals surface area (Å²) >= 11 is 0. The second-order valence-corrected chi connectivity index (χ2v) is 6.66. The maximum atomic E-state index is 13.8. The lowest BCUT2D eigenvalue weighted by Crippen LogP contribution is -2.32. The average molecular weight is 317 g/mol. The third-order valence-electron chi connectivity index (χ3n) is 3.54. The lowest BCUT2D eigenvalue weighted by molar-refractivity contribution is 0.0696. The Balaban J connectivity index is 2.14. The SMILES string of the molecule is CC1OCCC1CNS(=O)(=O)c1ccc(C(=O)O)cc1F. The summed E-state index contributed by atoms with van der Waals surface area (Å²) in [6.07, 6.45) is 0.691. The quantitative estimate of drug-likeness (QED) is 0.852. The van der Waals surface area contributed by atoms with Gasteiger partial charge in [0.05, 0.1) is 11.7 Å². The fourth-order valence-electron chi connectivity index (χ4n) is 2.19. The fourth-order valence-corrected chi connectivity index (χ4v) is 3.34. The highest BCUT2D eigenvalue weighted by molar-refractivity contribution is 7.89. The van der Waals surface area contributed by atoms with Gasteiger partial charge >= 0.3 is 5.97 Å². The number of carboxylic acids is 1. The maximum absolute atomic E-state index is 13.8. The molecule has 8 heteroatoms. The predicted molar refractivity (Wildman–Crippen MR) is 72.1 cm³/mol. The molecule has 1 aromatic rings. The van der Waals surface area contributed by atoms with Gasteiger partial charge in [-0.25, -0.2) is 22.3 Å². The van der Waals surface area contributed by atoms with E-state index in [9.17, 15) is 17.6 Å². The molecule has 21 heavy (non-hydrogen) atoms. The summed E-state index contributed by atoms with van der Waals surface area (Å²) in [5.41, 5.74) is -0.302. The van der Waals surface area contributed by atoms with E-state index in [1.165, 1.54) is 0 Å². The van der Waals surface area contributed by atoms with Crippen LogP contribution in [0.1, 0.15) is 23.7 Å². The Hall–Kier alpha value is -1.51. The number of nitrogens with one attached hydrogen (secondary N) is 1. The van der Waals surface area contributed by atoms with E-state index in [1.807, 2.05) is 6.92 Å². The summed E-state index contributed by atoms with van der Waals surface area (Å²) < 4.78 is 45.6. The Bertz CT molecular complexity index is 646. The van der Waals surface area contributed by atoms with Crippen LogP contribution >= 0.6 is 0 Å². The smallest absolute Gasteiger partial charge is 0.335 e. The molecule has 1 fully saturated rings. The van der Waals surface area contributed by atoms with Crippen molar-refractivity contribution >= 4 is 16.0 Å². The van der Waals surface area contributed by atoms with Crippen LogP contribution in [0.2, 0.25) is 0 Å². The van der Waals surface area contributed by atoms with Crippen molar-refractivity contribution in [1.29, 1.82) is 0 Å². The van der Waals surface area contributed by atoms with Gasteiger partial charge in [-0.3, -0.25) is 0 Å². The molecule has 2 atom stereocenters. The molecular weight excluding hydrogens is 301 g/mol. The molecule has 1 aromatic carbocycles. The minimum atomic E-state index is -4.02. The van der Waals surface area contributed by atoms with E-state index in [-0.39, 0.29) is 24.1 Å². The molecule has 2 unspecified atom stereocenters. The topological polar surface area (TPSA) is 92.7 Å². The zero-order chi connectivity index (χ0) is 15.6. The molecule has 0 aliphatic carbocycles. The standard InChI is InChI=1S/C13H16FNO5S/c1-8-10(4-5-20-8)7-15-21(18,19)12-3-2-9(13(16)17)6-11(12)14/h2-3,6,8,10,15H,4-5,7H2,1H3,(H,16,17). The Morgan fingerprint density at radius 2 is 2.24 bits per heavy atom. The number of carboxylic acid groups (broad SMARTS) is 1. The van der Waals surface area contributed by atoms with E-state index < -0.39 is 26.7 Å². The third kappa shape index (κ3) is 3.58. The number of benzene rings is 1. The van der Waals surface area contributed by atoms with E-state index in [0.29, 0.717) is 12.7 Å². The van der Waals surface area contributed by atoms with Gasteiger partial charge in [-0.05, 0) is 31.5 Å². The average Bonchev–Trinajstić information content (AvgIpc) is 2.81. The summed E-state index contributed by atoms with van der Waals surface area (Å²) in [6.45, 7) is 2.59. The Labute approximate surface area is 122 Å². The number of carbonyl (C=O) groups is 1. The van der Waals surface area contributed by atoms with Gasteiger partial charge in [-0.1, -0.05) is 0 Å². The highest BCUT2D eigenvalue weighted by atomic mass is 32.2. The van der Waals surface area contributed by atoms with Gasteiger partial charge in [0.2, 0.25) is 10.0 Å². The first-order valence-electron chi connectivity index (χ1n) is 6.45. The van der Waals surface area contributed by atoms with Gasteiger partial charge in [-0.15, -0.1) is 0 Å². The van der Waals surface area contributed by atoms with E-state index in [1.54, 1.807) is 0 Å². The van der Waals surface area contributed by atoms with Crippen LogP contribution in [-0.2, 0) is 14.8 Å². The van der Waals surface area contributed by atoms with Gasteiger partial charge in [0.25, 0.3) is 0 Å². The number of ether oxygens (including phenoxy) is 1. The van der Waals surface area contributed by atoms with E-state index in [4.69, 9.17) is 9.84 Å². The van der Waals surface area contributed by atoms with Crippen molar-refractivity contribution < 1.29 is 27.4 Å². The molecule has 0 bridgehead atoms. The second kappa shape index (κ2) is 6.08. The van der Waals surface area contributed by atoms with Crippen molar-refractivity contribution in [2.45, 2.75) is 24.3 Å². The van der Waals surface area contributed by atoms with Crippen LogP contribution in [0.5, 0.6) is 0 Å². The van der Waals surface area contributed by atoms with Gasteiger partial charge in [0, 0.05) is 19.1 Å². The van der Waals surface area contributed by atoms with Crippen LogP contribution in [-0.4, -0.2) is 38.7 Å². The molecule has 6 nitrogen and oxygen atoms in total. The molecule has 1 heterocycles. The highest BCUT2D eigenvalue weighted by Crippen LogP contribution is 2.21. The van der Waals surface area contributed by atoms with Crippen molar-refractivity contribution in [3.63, 3.8) is 0 Å². The number of hydrogen-bond donors (Lipinski definition) is 2. The first-order valence-corrected chi connectivity index (χ1v) is 7.93. The molecular formula is C13H16FNO5S. The van der Waals surface area contributed by atoms with Crippen molar-refractivity contribution in [3.05, 3.63) is 29.6 Å². The summed E-state index contributed by atoms with van der Waals surface area (Å²) in [4.78, 5) is 10.1. The molecule has 0 spiro atoms. The second-order valence-electron chi connectivity index (χ2n) is 4.93. The van der Waals surface area contributed by atoms with Crippen LogP contribution in [0.15, 0.2) is 23.1 Å². The van der Waals surface area contributed by atoms with Gasteiger partial charge in [0.1, 0.15) is 10.7 Å². The largest absolute Gasteiger partial charge is 0.478 e.